The fourth-order valence-electron chi connectivity index (χ4n) is 2.47. The van der Waals surface area contributed by atoms with Crippen LogP contribution in [0, 0.1) is 0 Å². The Kier molecular flexibility index (Phi) is 3.33. The fraction of sp³-hybridized carbons (Fsp3) is 0.0625. The predicted molar refractivity (Wildman–Crippen MR) is 96.8 cm³/mol. The summed E-state index contributed by atoms with van der Waals surface area (Å²) in [6.07, 6.45) is 3.20. The van der Waals surface area contributed by atoms with E-state index in [0.29, 0.717) is 4.90 Å². The van der Waals surface area contributed by atoms with Gasteiger partial charge in [0.2, 0.25) is 0 Å². The Balaban J connectivity index is 1.89. The number of sulfone groups is 1. The Labute approximate surface area is 145 Å². The number of halogens is 1. The molecule has 0 bridgehead atoms. The Hall–Kier alpha value is -1.70. The first-order valence-corrected chi connectivity index (χ1v) is 10.3. The van der Waals surface area contributed by atoms with Crippen LogP contribution in [0.5, 0.6) is 0 Å². The molecule has 4 aromatic rings. The minimum Gasteiger partial charge on any atom is -0.290 e. The average molecular weight is 407 g/mol. The van der Waals surface area contributed by atoms with Gasteiger partial charge in [-0.3, -0.25) is 4.40 Å². The predicted octanol–water partition coefficient (Wildman–Crippen LogP) is 4.38. The minimum absolute atomic E-state index is 0.336. The van der Waals surface area contributed by atoms with Gasteiger partial charge in [0.25, 0.3) is 0 Å². The average Bonchev–Trinajstić information content (AvgIpc) is 3.04. The number of nitrogens with zero attached hydrogens (tertiary/aromatic N) is 2. The minimum atomic E-state index is -3.20. The highest BCUT2D eigenvalue weighted by molar-refractivity contribution is 9.10. The summed E-state index contributed by atoms with van der Waals surface area (Å²) in [6, 6.07) is 13.2. The molecule has 0 aliphatic heterocycles. The zero-order valence-electron chi connectivity index (χ0n) is 12.0. The second-order valence-corrected chi connectivity index (χ2v) is 9.23. The number of hydrogen-bond acceptors (Lipinski definition) is 4. The topological polar surface area (TPSA) is 51.4 Å². The summed E-state index contributed by atoms with van der Waals surface area (Å²) in [5, 5.41) is 0. The molecular weight excluding hydrogens is 396 g/mol. The molecule has 2 heterocycles. The molecule has 0 N–H and O–H groups in total. The van der Waals surface area contributed by atoms with Crippen molar-refractivity contribution in [2.45, 2.75) is 4.90 Å². The highest BCUT2D eigenvalue weighted by atomic mass is 79.9. The van der Waals surface area contributed by atoms with Crippen molar-refractivity contribution in [3.63, 3.8) is 0 Å². The molecule has 0 atom stereocenters. The maximum atomic E-state index is 11.7. The number of hydrogen-bond donors (Lipinski definition) is 0. The second kappa shape index (κ2) is 5.15. The first kappa shape index (κ1) is 14.9. The molecule has 0 unspecified atom stereocenters. The number of fused-ring (bicyclic) bond motifs is 3. The van der Waals surface area contributed by atoms with E-state index < -0.39 is 9.84 Å². The van der Waals surface area contributed by atoms with Crippen molar-refractivity contribution in [1.82, 2.24) is 9.38 Å². The van der Waals surface area contributed by atoms with Gasteiger partial charge in [0.1, 0.15) is 0 Å². The van der Waals surface area contributed by atoms with Crippen LogP contribution in [0.15, 0.2) is 58.0 Å². The quantitative estimate of drug-likeness (QED) is 0.496. The summed E-state index contributed by atoms with van der Waals surface area (Å²) in [6.45, 7) is 0. The molecule has 2 aromatic carbocycles. The van der Waals surface area contributed by atoms with E-state index in [2.05, 4.69) is 20.9 Å². The molecule has 0 radical (unpaired) electrons. The summed E-state index contributed by atoms with van der Waals surface area (Å²) < 4.78 is 27.3. The zero-order valence-corrected chi connectivity index (χ0v) is 15.2. The summed E-state index contributed by atoms with van der Waals surface area (Å²) in [5.41, 5.74) is 2.91. The Bertz CT molecular complexity index is 1140. The molecule has 23 heavy (non-hydrogen) atoms. The van der Waals surface area contributed by atoms with Crippen LogP contribution >= 0.6 is 27.3 Å². The molecule has 4 nitrogen and oxygen atoms in total. The van der Waals surface area contributed by atoms with Gasteiger partial charge in [0.05, 0.1) is 20.8 Å². The summed E-state index contributed by atoms with van der Waals surface area (Å²) in [7, 11) is -3.20. The van der Waals surface area contributed by atoms with Crippen LogP contribution in [-0.4, -0.2) is 24.1 Å². The van der Waals surface area contributed by atoms with Gasteiger partial charge in [-0.2, -0.15) is 0 Å². The van der Waals surface area contributed by atoms with Crippen molar-refractivity contribution in [2.75, 3.05) is 6.26 Å². The summed E-state index contributed by atoms with van der Waals surface area (Å²) in [5.74, 6) is 0. The molecule has 0 aliphatic carbocycles. The number of aromatic nitrogens is 2. The largest absolute Gasteiger partial charge is 0.290 e. The van der Waals surface area contributed by atoms with E-state index in [-0.39, 0.29) is 0 Å². The van der Waals surface area contributed by atoms with Gasteiger partial charge in [-0.25, -0.2) is 13.4 Å². The van der Waals surface area contributed by atoms with E-state index in [1.165, 1.54) is 17.6 Å². The van der Waals surface area contributed by atoms with Crippen molar-refractivity contribution < 1.29 is 8.42 Å². The van der Waals surface area contributed by atoms with Crippen LogP contribution in [0.2, 0.25) is 0 Å². The first-order valence-electron chi connectivity index (χ1n) is 6.79. The lowest BCUT2D eigenvalue weighted by molar-refractivity contribution is 0.602. The Morgan fingerprint density at radius 1 is 1.13 bits per heavy atom. The second-order valence-electron chi connectivity index (χ2n) is 5.29. The van der Waals surface area contributed by atoms with Crippen molar-refractivity contribution in [3.8, 4) is 11.3 Å². The molecule has 0 fully saturated rings. The third-order valence-electron chi connectivity index (χ3n) is 3.63. The molecule has 116 valence electrons. The van der Waals surface area contributed by atoms with Crippen LogP contribution in [-0.2, 0) is 9.84 Å². The van der Waals surface area contributed by atoms with Gasteiger partial charge >= 0.3 is 0 Å². The lowest BCUT2D eigenvalue weighted by Gasteiger charge is -1.98. The van der Waals surface area contributed by atoms with E-state index in [1.54, 1.807) is 12.1 Å². The highest BCUT2D eigenvalue weighted by Gasteiger charge is 2.13. The lowest BCUT2D eigenvalue weighted by Crippen LogP contribution is -1.96. The van der Waals surface area contributed by atoms with E-state index in [0.717, 1.165) is 30.9 Å². The third kappa shape index (κ3) is 2.58. The van der Waals surface area contributed by atoms with Crippen molar-refractivity contribution in [1.29, 1.82) is 0 Å². The summed E-state index contributed by atoms with van der Waals surface area (Å²) in [4.78, 5) is 5.84. The SMILES string of the molecule is CS(=O)(=O)c1ccc2c(c1)sc1nc(-c3ccc(Br)cc3)cn12. The molecule has 0 spiro atoms. The maximum absolute atomic E-state index is 11.7. The van der Waals surface area contributed by atoms with Gasteiger partial charge in [-0.05, 0) is 30.3 Å². The monoisotopic (exact) mass is 406 g/mol. The molecule has 0 saturated carbocycles. The van der Waals surface area contributed by atoms with Crippen molar-refractivity contribution >= 4 is 52.3 Å². The zero-order chi connectivity index (χ0) is 16.2. The molecule has 4 rings (SSSR count). The van der Waals surface area contributed by atoms with Crippen LogP contribution in [0.4, 0.5) is 0 Å². The molecule has 0 saturated heterocycles. The molecule has 7 heteroatoms. The van der Waals surface area contributed by atoms with E-state index in [4.69, 9.17) is 0 Å². The number of benzene rings is 2. The molecule has 0 amide bonds. The van der Waals surface area contributed by atoms with E-state index >= 15 is 0 Å². The standard InChI is InChI=1S/C16H11BrN2O2S2/c1-23(20,21)12-6-7-14-15(8-12)22-16-18-13(9-19(14)16)10-2-4-11(17)5-3-10/h2-9H,1H3. The highest BCUT2D eigenvalue weighted by Crippen LogP contribution is 2.31. The van der Waals surface area contributed by atoms with Gasteiger partial charge < -0.3 is 0 Å². The molecule has 0 aliphatic rings. The van der Waals surface area contributed by atoms with E-state index in [9.17, 15) is 8.42 Å². The Morgan fingerprint density at radius 2 is 1.87 bits per heavy atom. The number of rotatable bonds is 2. The van der Waals surface area contributed by atoms with Crippen LogP contribution in [0.25, 0.3) is 26.4 Å². The smallest absolute Gasteiger partial charge is 0.195 e. The van der Waals surface area contributed by atoms with Gasteiger partial charge in [0, 0.05) is 22.5 Å². The van der Waals surface area contributed by atoms with Gasteiger partial charge in [0.15, 0.2) is 14.8 Å². The maximum Gasteiger partial charge on any atom is 0.195 e. The molecular formula is C16H11BrN2O2S2. The first-order chi connectivity index (χ1) is 10.9. The Morgan fingerprint density at radius 3 is 2.57 bits per heavy atom. The van der Waals surface area contributed by atoms with Crippen molar-refractivity contribution in [2.24, 2.45) is 0 Å². The fourth-order valence-corrected chi connectivity index (χ4v) is 4.50. The third-order valence-corrected chi connectivity index (χ3v) is 6.29. The summed E-state index contributed by atoms with van der Waals surface area (Å²) >= 11 is 4.92. The van der Waals surface area contributed by atoms with Gasteiger partial charge in [-0.1, -0.05) is 39.4 Å². The molecule has 2 aromatic heterocycles. The lowest BCUT2D eigenvalue weighted by atomic mass is 10.2. The number of imidazole rings is 1. The number of thiazole rings is 1. The van der Waals surface area contributed by atoms with Crippen LogP contribution in [0.1, 0.15) is 0 Å². The van der Waals surface area contributed by atoms with Crippen LogP contribution < -0.4 is 0 Å². The van der Waals surface area contributed by atoms with Gasteiger partial charge in [-0.15, -0.1) is 0 Å². The van der Waals surface area contributed by atoms with Crippen molar-refractivity contribution in [3.05, 3.63) is 53.1 Å². The normalized spacial score (nSPS) is 12.3. The van der Waals surface area contributed by atoms with Crippen LogP contribution in [0.3, 0.4) is 0 Å². The van der Waals surface area contributed by atoms with E-state index in [1.807, 2.05) is 40.9 Å².